The van der Waals surface area contributed by atoms with E-state index in [1.165, 1.54) is 11.1 Å². The smallest absolute Gasteiger partial charge is 0.146 e. The van der Waals surface area contributed by atoms with Gasteiger partial charge >= 0.3 is 0 Å². The fourth-order valence-electron chi connectivity index (χ4n) is 1.95. The molecule has 0 radical (unpaired) electrons. The van der Waals surface area contributed by atoms with Gasteiger partial charge in [0.1, 0.15) is 11.0 Å². The molecule has 0 aliphatic rings. The van der Waals surface area contributed by atoms with E-state index in [1.54, 1.807) is 0 Å². The second-order valence-corrected chi connectivity index (χ2v) is 6.39. The van der Waals surface area contributed by atoms with Crippen LogP contribution in [0.4, 0.5) is 0 Å². The highest BCUT2D eigenvalue weighted by atomic mass is 127. The van der Waals surface area contributed by atoms with Crippen LogP contribution >= 0.6 is 34.2 Å². The van der Waals surface area contributed by atoms with E-state index in [9.17, 15) is 0 Å². The SMILES string of the molecule is Cc1cccc(Cc2nc(Cl)c(I)c(C(C)C)n2)c1. The Morgan fingerprint density at radius 2 is 2.00 bits per heavy atom. The molecule has 1 aromatic heterocycles. The lowest BCUT2D eigenvalue weighted by atomic mass is 10.1. The van der Waals surface area contributed by atoms with Gasteiger partial charge in [0, 0.05) is 6.42 Å². The quantitative estimate of drug-likeness (QED) is 0.561. The summed E-state index contributed by atoms with van der Waals surface area (Å²) < 4.78 is 0.960. The van der Waals surface area contributed by atoms with Gasteiger partial charge in [-0.15, -0.1) is 0 Å². The van der Waals surface area contributed by atoms with E-state index in [1.807, 2.05) is 0 Å². The van der Waals surface area contributed by atoms with Crippen LogP contribution in [-0.4, -0.2) is 9.97 Å². The summed E-state index contributed by atoms with van der Waals surface area (Å²) in [7, 11) is 0. The van der Waals surface area contributed by atoms with E-state index < -0.39 is 0 Å². The summed E-state index contributed by atoms with van der Waals surface area (Å²) in [4.78, 5) is 9.04. The van der Waals surface area contributed by atoms with Gasteiger partial charge in [0.05, 0.1) is 9.26 Å². The summed E-state index contributed by atoms with van der Waals surface area (Å²) in [6.07, 6.45) is 0.720. The molecule has 19 heavy (non-hydrogen) atoms. The Morgan fingerprint density at radius 1 is 1.26 bits per heavy atom. The standard InChI is InChI=1S/C15H16ClIN2/c1-9(2)14-13(17)15(16)19-12(18-14)8-11-6-4-5-10(3)7-11/h4-7,9H,8H2,1-3H3. The summed E-state index contributed by atoms with van der Waals surface area (Å²) in [5.74, 6) is 1.14. The van der Waals surface area contributed by atoms with Crippen molar-refractivity contribution in [3.63, 3.8) is 0 Å². The van der Waals surface area contributed by atoms with E-state index in [4.69, 9.17) is 11.6 Å². The van der Waals surface area contributed by atoms with Crippen molar-refractivity contribution in [2.45, 2.75) is 33.1 Å². The number of aryl methyl sites for hydroxylation is 1. The number of aromatic nitrogens is 2. The molecular formula is C15H16ClIN2. The summed E-state index contributed by atoms with van der Waals surface area (Å²) in [5, 5.41) is 0.557. The maximum Gasteiger partial charge on any atom is 0.146 e. The molecule has 0 saturated carbocycles. The first kappa shape index (κ1) is 14.7. The lowest BCUT2D eigenvalue weighted by Gasteiger charge is -2.11. The maximum atomic E-state index is 6.20. The Balaban J connectivity index is 2.36. The molecule has 0 amide bonds. The zero-order valence-corrected chi connectivity index (χ0v) is 14.2. The summed E-state index contributed by atoms with van der Waals surface area (Å²) in [5.41, 5.74) is 3.49. The van der Waals surface area contributed by atoms with Crippen LogP contribution in [0.3, 0.4) is 0 Å². The molecule has 0 spiro atoms. The predicted molar refractivity (Wildman–Crippen MR) is 87.8 cm³/mol. The Hall–Kier alpha value is -0.680. The van der Waals surface area contributed by atoms with Gasteiger partial charge in [-0.25, -0.2) is 9.97 Å². The fraction of sp³-hybridized carbons (Fsp3) is 0.333. The average molecular weight is 387 g/mol. The average Bonchev–Trinajstić information content (AvgIpc) is 2.33. The molecule has 4 heteroatoms. The molecule has 0 bridgehead atoms. The number of halogens is 2. The van der Waals surface area contributed by atoms with Gasteiger partial charge in [-0.1, -0.05) is 55.3 Å². The highest BCUT2D eigenvalue weighted by Crippen LogP contribution is 2.25. The Labute approximate surface area is 132 Å². The minimum absolute atomic E-state index is 0.351. The number of nitrogens with zero attached hydrogens (tertiary/aromatic N) is 2. The van der Waals surface area contributed by atoms with Crippen molar-refractivity contribution in [2.24, 2.45) is 0 Å². The first-order chi connectivity index (χ1) is 8.97. The van der Waals surface area contributed by atoms with Crippen molar-refractivity contribution in [3.8, 4) is 0 Å². The number of hydrogen-bond donors (Lipinski definition) is 0. The topological polar surface area (TPSA) is 25.8 Å². The summed E-state index contributed by atoms with van der Waals surface area (Å²) in [6.45, 7) is 6.33. The fourth-order valence-corrected chi connectivity index (χ4v) is 3.01. The van der Waals surface area contributed by atoms with Gasteiger partial charge in [0.25, 0.3) is 0 Å². The van der Waals surface area contributed by atoms with Crippen molar-refractivity contribution < 1.29 is 0 Å². The maximum absolute atomic E-state index is 6.20. The van der Waals surface area contributed by atoms with Gasteiger partial charge in [0.2, 0.25) is 0 Å². The summed E-state index contributed by atoms with van der Waals surface area (Å²) >= 11 is 8.42. The molecule has 1 aromatic carbocycles. The molecule has 1 heterocycles. The zero-order valence-electron chi connectivity index (χ0n) is 11.2. The minimum atomic E-state index is 0.351. The molecule has 100 valence electrons. The van der Waals surface area contributed by atoms with Gasteiger partial charge in [0.15, 0.2) is 0 Å². The highest BCUT2D eigenvalue weighted by Gasteiger charge is 2.13. The third-order valence-corrected chi connectivity index (χ3v) is 4.53. The Kier molecular flexibility index (Phi) is 4.79. The molecule has 0 fully saturated rings. The van der Waals surface area contributed by atoms with Gasteiger partial charge < -0.3 is 0 Å². The molecule has 0 unspecified atom stereocenters. The molecule has 2 nitrogen and oxygen atoms in total. The second-order valence-electron chi connectivity index (χ2n) is 4.95. The second kappa shape index (κ2) is 6.18. The van der Waals surface area contributed by atoms with Crippen molar-refractivity contribution in [3.05, 3.63) is 55.6 Å². The molecule has 0 aliphatic heterocycles. The third-order valence-electron chi connectivity index (χ3n) is 2.87. The van der Waals surface area contributed by atoms with Crippen molar-refractivity contribution in [1.82, 2.24) is 9.97 Å². The molecule has 0 saturated heterocycles. The van der Waals surface area contributed by atoms with Crippen molar-refractivity contribution >= 4 is 34.2 Å². The normalized spacial score (nSPS) is 11.1. The van der Waals surface area contributed by atoms with Crippen LogP contribution in [0.25, 0.3) is 0 Å². The van der Waals surface area contributed by atoms with Crippen LogP contribution in [-0.2, 0) is 6.42 Å². The first-order valence-electron chi connectivity index (χ1n) is 6.24. The van der Waals surface area contributed by atoms with Crippen molar-refractivity contribution in [2.75, 3.05) is 0 Å². The minimum Gasteiger partial charge on any atom is -0.236 e. The zero-order chi connectivity index (χ0) is 14.0. The molecular weight excluding hydrogens is 371 g/mol. The van der Waals surface area contributed by atoms with Crippen molar-refractivity contribution in [1.29, 1.82) is 0 Å². The van der Waals surface area contributed by atoms with E-state index >= 15 is 0 Å². The van der Waals surface area contributed by atoms with E-state index in [-0.39, 0.29) is 0 Å². The van der Waals surface area contributed by atoms with Gasteiger partial charge in [-0.3, -0.25) is 0 Å². The molecule has 2 rings (SSSR count). The summed E-state index contributed by atoms with van der Waals surface area (Å²) in [6, 6.07) is 8.40. The van der Waals surface area contributed by atoms with Crippen LogP contribution in [0.1, 0.15) is 42.4 Å². The Morgan fingerprint density at radius 3 is 2.63 bits per heavy atom. The number of rotatable bonds is 3. The Bertz CT molecular complexity index is 597. The van der Waals surface area contributed by atoms with E-state index in [2.05, 4.69) is 77.6 Å². The number of hydrogen-bond acceptors (Lipinski definition) is 2. The van der Waals surface area contributed by atoms with E-state index in [0.29, 0.717) is 11.1 Å². The molecule has 0 N–H and O–H groups in total. The highest BCUT2D eigenvalue weighted by molar-refractivity contribution is 14.1. The molecule has 0 atom stereocenters. The van der Waals surface area contributed by atoms with Crippen LogP contribution in [0.2, 0.25) is 5.15 Å². The van der Waals surface area contributed by atoms with Crippen LogP contribution < -0.4 is 0 Å². The third kappa shape index (κ3) is 3.66. The van der Waals surface area contributed by atoms with Gasteiger partial charge in [-0.2, -0.15) is 0 Å². The molecule has 2 aromatic rings. The first-order valence-corrected chi connectivity index (χ1v) is 7.70. The van der Waals surface area contributed by atoms with Crippen LogP contribution in [0.5, 0.6) is 0 Å². The monoisotopic (exact) mass is 386 g/mol. The largest absolute Gasteiger partial charge is 0.236 e. The van der Waals surface area contributed by atoms with Crippen LogP contribution in [0.15, 0.2) is 24.3 Å². The predicted octanol–water partition coefficient (Wildman–Crippen LogP) is 4.76. The number of benzene rings is 1. The van der Waals surface area contributed by atoms with Crippen LogP contribution in [0, 0.1) is 10.5 Å². The van der Waals surface area contributed by atoms with E-state index in [0.717, 1.165) is 21.5 Å². The lowest BCUT2D eigenvalue weighted by molar-refractivity contribution is 0.783. The lowest BCUT2D eigenvalue weighted by Crippen LogP contribution is -2.06. The van der Waals surface area contributed by atoms with Gasteiger partial charge in [-0.05, 0) is 41.0 Å². The molecule has 0 aliphatic carbocycles.